The molecule has 3 fully saturated rings. The van der Waals surface area contributed by atoms with Gasteiger partial charge in [-0.3, -0.25) is 19.3 Å². The van der Waals surface area contributed by atoms with Crippen LogP contribution in [-0.4, -0.2) is 115 Å². The van der Waals surface area contributed by atoms with Crippen molar-refractivity contribution in [2.24, 2.45) is 5.92 Å². The molecule has 5 aliphatic rings. The lowest BCUT2D eigenvalue weighted by Crippen LogP contribution is -2.58. The first kappa shape index (κ1) is 43.6. The molecule has 1 aromatic heterocycles. The van der Waals surface area contributed by atoms with Gasteiger partial charge in [-0.1, -0.05) is 31.8 Å². The first-order valence-corrected chi connectivity index (χ1v) is 22.5. The summed E-state index contributed by atoms with van der Waals surface area (Å²) in [7, 11) is -1.06. The molecule has 1 saturated heterocycles. The fraction of sp³-hybridized carbons (Fsp3) is 0.585. The summed E-state index contributed by atoms with van der Waals surface area (Å²) in [6.07, 6.45) is 7.09. The van der Waals surface area contributed by atoms with Crippen molar-refractivity contribution in [3.8, 4) is 0 Å². The van der Waals surface area contributed by atoms with Gasteiger partial charge in [-0.2, -0.15) is 0 Å². The van der Waals surface area contributed by atoms with Crippen LogP contribution in [0.3, 0.4) is 0 Å². The van der Waals surface area contributed by atoms with Crippen molar-refractivity contribution < 1.29 is 46.3 Å². The number of sulfonamides is 1. The molecule has 2 aromatic rings. The van der Waals surface area contributed by atoms with Gasteiger partial charge >= 0.3 is 12.2 Å². The van der Waals surface area contributed by atoms with Gasteiger partial charge in [0, 0.05) is 44.7 Å². The summed E-state index contributed by atoms with van der Waals surface area (Å²) in [5.41, 5.74) is -0.269. The minimum atomic E-state index is -4.67. The number of benzene rings is 1. The van der Waals surface area contributed by atoms with Crippen molar-refractivity contribution in [3.05, 3.63) is 54.1 Å². The SMILES string of the molecule is C=C[C@@H]1C[C@@]12NC(=O)[C@@H]1C[C@@H](OC(=O)N3Cc4cnc(N(C)C)nc4C3)CN1C(=O)[C@@H](NC(=O)OC1CCCC1)CCCCCCCNc1ccc(F)cc1S(=O)(=O)NC2=O. The van der Waals surface area contributed by atoms with E-state index < -0.39 is 80.3 Å². The van der Waals surface area contributed by atoms with E-state index in [1.54, 1.807) is 25.2 Å². The molecular weight excluding hydrogens is 814 g/mol. The number of rotatable bonds is 5. The number of ether oxygens (including phenoxy) is 2. The lowest BCUT2D eigenvalue weighted by atomic mass is 10.0. The zero-order chi connectivity index (χ0) is 43.5. The van der Waals surface area contributed by atoms with Gasteiger partial charge in [0.05, 0.1) is 31.0 Å². The molecule has 2 saturated carbocycles. The molecule has 1 spiro atoms. The highest BCUT2D eigenvalue weighted by Gasteiger charge is 2.61. The molecule has 5 amide bonds. The predicted octanol–water partition coefficient (Wildman–Crippen LogP) is 3.47. The van der Waals surface area contributed by atoms with E-state index in [0.717, 1.165) is 56.2 Å². The maximum absolute atomic E-state index is 14.6. The minimum Gasteiger partial charge on any atom is -0.446 e. The summed E-state index contributed by atoms with van der Waals surface area (Å²) in [6.45, 7) is 4.25. The normalized spacial score (nSPS) is 27.1. The van der Waals surface area contributed by atoms with E-state index in [2.05, 4.69) is 32.5 Å². The Morgan fingerprint density at radius 1 is 1.02 bits per heavy atom. The third-order valence-electron chi connectivity index (χ3n) is 12.1. The van der Waals surface area contributed by atoms with Gasteiger partial charge in [0.1, 0.15) is 40.5 Å². The molecule has 0 bridgehead atoms. The molecule has 5 atom stereocenters. The lowest BCUT2D eigenvalue weighted by molar-refractivity contribution is -0.141. The fourth-order valence-corrected chi connectivity index (χ4v) is 9.80. The van der Waals surface area contributed by atoms with Crippen LogP contribution in [0.25, 0.3) is 0 Å². The highest BCUT2D eigenvalue weighted by atomic mass is 32.2. The Bertz CT molecular complexity index is 2150. The topological polar surface area (TPSA) is 222 Å². The van der Waals surface area contributed by atoms with Crippen LogP contribution in [0.5, 0.6) is 0 Å². The number of carbonyl (C=O) groups excluding carboxylic acids is 5. The quantitative estimate of drug-likeness (QED) is 0.317. The molecular formula is C41H54FN9O9S. The molecule has 18 nitrogen and oxygen atoms in total. The van der Waals surface area contributed by atoms with Crippen molar-refractivity contribution in [1.82, 2.24) is 35.1 Å². The van der Waals surface area contributed by atoms with Crippen LogP contribution in [0.1, 0.15) is 88.3 Å². The second-order valence-corrected chi connectivity index (χ2v) is 18.4. The van der Waals surface area contributed by atoms with E-state index in [0.29, 0.717) is 37.4 Å². The van der Waals surface area contributed by atoms with Gasteiger partial charge in [-0.15, -0.1) is 6.58 Å². The monoisotopic (exact) mass is 867 g/mol. The number of alkyl carbamates (subject to hydrolysis) is 1. The largest absolute Gasteiger partial charge is 0.446 e. The van der Waals surface area contributed by atoms with Crippen LogP contribution in [0.2, 0.25) is 0 Å². The number of hydrogen-bond donors (Lipinski definition) is 4. The van der Waals surface area contributed by atoms with Crippen molar-refractivity contribution >= 4 is 51.6 Å². The van der Waals surface area contributed by atoms with E-state index in [-0.39, 0.29) is 50.7 Å². The summed E-state index contributed by atoms with van der Waals surface area (Å²) in [6, 6.07) is 0.829. The maximum atomic E-state index is 14.6. The molecule has 3 aliphatic heterocycles. The Labute approximate surface area is 354 Å². The van der Waals surface area contributed by atoms with Gasteiger partial charge in [0.15, 0.2) is 0 Å². The Balaban J connectivity index is 1.15. The Hall–Kier alpha value is -5.53. The lowest BCUT2D eigenvalue weighted by Gasteiger charge is -2.30. The average molecular weight is 868 g/mol. The molecule has 2 aliphatic carbocycles. The molecule has 61 heavy (non-hydrogen) atoms. The molecule has 4 heterocycles. The van der Waals surface area contributed by atoms with E-state index in [9.17, 15) is 36.8 Å². The summed E-state index contributed by atoms with van der Waals surface area (Å²) >= 11 is 0. The first-order chi connectivity index (χ1) is 29.2. The third-order valence-corrected chi connectivity index (χ3v) is 13.5. The van der Waals surface area contributed by atoms with Gasteiger partial charge in [0.2, 0.25) is 17.8 Å². The summed E-state index contributed by atoms with van der Waals surface area (Å²) in [5, 5.41) is 8.51. The van der Waals surface area contributed by atoms with Crippen molar-refractivity contribution in [2.75, 3.05) is 37.4 Å². The zero-order valence-electron chi connectivity index (χ0n) is 34.5. The number of nitrogens with one attached hydrogen (secondary N) is 4. The molecule has 20 heteroatoms. The van der Waals surface area contributed by atoms with Gasteiger partial charge in [0.25, 0.3) is 15.9 Å². The zero-order valence-corrected chi connectivity index (χ0v) is 35.3. The highest BCUT2D eigenvalue weighted by molar-refractivity contribution is 7.90. The van der Waals surface area contributed by atoms with Crippen LogP contribution in [0, 0.1) is 11.7 Å². The summed E-state index contributed by atoms with van der Waals surface area (Å²) in [4.78, 5) is 82.8. The van der Waals surface area contributed by atoms with Crippen LogP contribution in [0.4, 0.5) is 25.6 Å². The van der Waals surface area contributed by atoms with Crippen molar-refractivity contribution in [3.63, 3.8) is 0 Å². The molecule has 0 unspecified atom stereocenters. The Kier molecular flexibility index (Phi) is 13.0. The van der Waals surface area contributed by atoms with Crippen molar-refractivity contribution in [1.29, 1.82) is 0 Å². The van der Waals surface area contributed by atoms with Gasteiger partial charge in [-0.05, 0) is 63.1 Å². The average Bonchev–Trinajstić information content (AvgIpc) is 3.61. The van der Waals surface area contributed by atoms with E-state index >= 15 is 0 Å². The third kappa shape index (κ3) is 9.84. The van der Waals surface area contributed by atoms with Gasteiger partial charge in [-0.25, -0.2) is 37.1 Å². The highest BCUT2D eigenvalue weighted by Crippen LogP contribution is 2.45. The van der Waals surface area contributed by atoms with Gasteiger partial charge < -0.3 is 35.2 Å². The maximum Gasteiger partial charge on any atom is 0.410 e. The van der Waals surface area contributed by atoms with Crippen LogP contribution in [-0.2, 0) is 47.0 Å². The molecule has 0 radical (unpaired) electrons. The number of anilines is 2. The number of amides is 5. The van der Waals surface area contributed by atoms with E-state index in [1.165, 1.54) is 21.9 Å². The second-order valence-electron chi connectivity index (χ2n) is 16.7. The number of halogens is 1. The van der Waals surface area contributed by atoms with E-state index in [1.807, 2.05) is 4.72 Å². The summed E-state index contributed by atoms with van der Waals surface area (Å²) in [5.74, 6) is -3.52. The summed E-state index contributed by atoms with van der Waals surface area (Å²) < 4.78 is 55.6. The van der Waals surface area contributed by atoms with Crippen molar-refractivity contribution in [2.45, 2.75) is 125 Å². The van der Waals surface area contributed by atoms with E-state index in [4.69, 9.17) is 9.47 Å². The first-order valence-electron chi connectivity index (χ1n) is 21.0. The number of nitrogens with zero attached hydrogens (tertiary/aromatic N) is 5. The molecule has 7 rings (SSSR count). The number of carbonyl (C=O) groups is 5. The predicted molar refractivity (Wildman–Crippen MR) is 219 cm³/mol. The van der Waals surface area contributed by atoms with Crippen LogP contribution >= 0.6 is 0 Å². The van der Waals surface area contributed by atoms with Crippen LogP contribution < -0.4 is 25.6 Å². The molecule has 330 valence electrons. The Morgan fingerprint density at radius 3 is 2.49 bits per heavy atom. The Morgan fingerprint density at radius 2 is 1.75 bits per heavy atom. The molecule has 1 aromatic carbocycles. The fourth-order valence-electron chi connectivity index (χ4n) is 8.57. The smallest absolute Gasteiger partial charge is 0.410 e. The number of aromatic nitrogens is 2. The number of fused-ring (bicyclic) bond motifs is 3. The second kappa shape index (κ2) is 18.2. The minimum absolute atomic E-state index is 0.0118. The standard InChI is InChI=1S/C41H54FN9O9S/c1-4-26-20-41(26)37(54)48-61(57,58)34-18-27(42)15-16-30(34)43-17-11-7-5-6-8-14-31(46-39(55)59-28-12-9-10-13-28)36(53)51-23-29(19-33(51)35(52)47-41)60-40(56)50-22-25-21-44-38(49(2)3)45-32(25)24-50/h4,15-16,18,21,26,28-29,31,33,43H,1,5-14,17,19-20,22-24H2,2-3H3,(H,46,55)(H,47,52)(H,48,54)/t26-,29-,31+,33+,41-/m1/s1. The molecule has 4 N–H and O–H groups in total. The van der Waals surface area contributed by atoms with Crippen LogP contribution in [0.15, 0.2) is 41.9 Å². The number of hydrogen-bond acceptors (Lipinski definition) is 13.